The molecule has 1 atom stereocenters. The summed E-state index contributed by atoms with van der Waals surface area (Å²) in [4.78, 5) is 11.6. The molecule has 1 aromatic rings. The first-order valence-electron chi connectivity index (χ1n) is 4.80. The van der Waals surface area contributed by atoms with E-state index in [1.807, 2.05) is 6.26 Å². The van der Waals surface area contributed by atoms with Crippen molar-refractivity contribution in [2.75, 3.05) is 18.5 Å². The summed E-state index contributed by atoms with van der Waals surface area (Å²) in [6.45, 7) is 2.76. The van der Waals surface area contributed by atoms with Gasteiger partial charge < -0.3 is 11.1 Å². The highest BCUT2D eigenvalue weighted by Gasteiger charge is 2.06. The predicted molar refractivity (Wildman–Crippen MR) is 73.4 cm³/mol. The number of nitrogens with two attached hydrogens (primary N) is 1. The maximum atomic E-state index is 11.6. The van der Waals surface area contributed by atoms with E-state index in [0.717, 1.165) is 0 Å². The van der Waals surface area contributed by atoms with E-state index >= 15 is 0 Å². The zero-order valence-corrected chi connectivity index (χ0v) is 11.0. The van der Waals surface area contributed by atoms with E-state index in [2.05, 4.69) is 12.2 Å². The quantitative estimate of drug-likeness (QED) is 0.816. The van der Waals surface area contributed by atoms with Gasteiger partial charge in [0.05, 0.1) is 0 Å². The van der Waals surface area contributed by atoms with Gasteiger partial charge in [-0.3, -0.25) is 4.79 Å². The molecule has 90 valence electrons. The molecule has 0 bridgehead atoms. The fourth-order valence-corrected chi connectivity index (χ4v) is 1.31. The highest BCUT2D eigenvalue weighted by atomic mass is 35.5. The Kier molecular flexibility index (Phi) is 7.01. The second kappa shape index (κ2) is 7.41. The highest BCUT2D eigenvalue weighted by Crippen LogP contribution is 2.06. The molecule has 3 N–H and O–H groups in total. The number of halogens is 1. The summed E-state index contributed by atoms with van der Waals surface area (Å²) in [5.41, 5.74) is 6.86. The Hall–Kier alpha value is -0.870. The maximum Gasteiger partial charge on any atom is 0.251 e. The molecule has 0 spiro atoms. The molecule has 0 fully saturated rings. The SMILES string of the molecule is CSC(C)CNC(=O)c1ccc(N)cc1.Cl. The molecule has 0 heterocycles. The third-order valence-corrected chi connectivity index (χ3v) is 3.10. The van der Waals surface area contributed by atoms with E-state index in [-0.39, 0.29) is 18.3 Å². The van der Waals surface area contributed by atoms with Crippen molar-refractivity contribution < 1.29 is 4.79 Å². The zero-order chi connectivity index (χ0) is 11.3. The van der Waals surface area contributed by atoms with Gasteiger partial charge in [0.25, 0.3) is 5.91 Å². The molecule has 0 saturated heterocycles. The number of nitrogens with one attached hydrogen (secondary N) is 1. The molecule has 5 heteroatoms. The summed E-state index contributed by atoms with van der Waals surface area (Å²) in [7, 11) is 0. The van der Waals surface area contributed by atoms with Gasteiger partial charge in [-0.1, -0.05) is 6.92 Å². The lowest BCUT2D eigenvalue weighted by Gasteiger charge is -2.09. The van der Waals surface area contributed by atoms with Gasteiger partial charge in [-0.25, -0.2) is 0 Å². The molecule has 0 saturated carbocycles. The van der Waals surface area contributed by atoms with Crippen molar-refractivity contribution in [3.63, 3.8) is 0 Å². The molecule has 3 nitrogen and oxygen atoms in total. The summed E-state index contributed by atoms with van der Waals surface area (Å²) < 4.78 is 0. The topological polar surface area (TPSA) is 55.1 Å². The fraction of sp³-hybridized carbons (Fsp3) is 0.364. The van der Waals surface area contributed by atoms with Gasteiger partial charge in [0.15, 0.2) is 0 Å². The minimum atomic E-state index is -0.0455. The number of thioether (sulfide) groups is 1. The second-order valence-electron chi connectivity index (χ2n) is 3.38. The largest absolute Gasteiger partial charge is 0.399 e. The Bertz CT molecular complexity index is 329. The van der Waals surface area contributed by atoms with Crippen molar-refractivity contribution >= 4 is 35.8 Å². The Morgan fingerprint density at radius 3 is 2.50 bits per heavy atom. The van der Waals surface area contributed by atoms with Crippen LogP contribution < -0.4 is 11.1 Å². The minimum absolute atomic E-state index is 0. The van der Waals surface area contributed by atoms with Gasteiger partial charge in [0.2, 0.25) is 0 Å². The summed E-state index contributed by atoms with van der Waals surface area (Å²) in [6.07, 6.45) is 2.03. The summed E-state index contributed by atoms with van der Waals surface area (Å²) in [6, 6.07) is 6.92. The number of hydrogen-bond donors (Lipinski definition) is 2. The van der Waals surface area contributed by atoms with Gasteiger partial charge in [0, 0.05) is 23.0 Å². The van der Waals surface area contributed by atoms with Gasteiger partial charge in [-0.05, 0) is 30.5 Å². The number of carbonyl (C=O) groups is 1. The van der Waals surface area contributed by atoms with Crippen LogP contribution in [-0.4, -0.2) is 24.0 Å². The second-order valence-corrected chi connectivity index (χ2v) is 4.65. The summed E-state index contributed by atoms with van der Waals surface area (Å²) in [5, 5.41) is 3.30. The first-order valence-corrected chi connectivity index (χ1v) is 6.09. The van der Waals surface area contributed by atoms with Gasteiger partial charge in [0.1, 0.15) is 0 Å². The van der Waals surface area contributed by atoms with Crippen LogP contribution >= 0.6 is 24.2 Å². The van der Waals surface area contributed by atoms with Crippen LogP contribution in [0.25, 0.3) is 0 Å². The smallest absolute Gasteiger partial charge is 0.251 e. The lowest BCUT2D eigenvalue weighted by Crippen LogP contribution is -2.29. The maximum absolute atomic E-state index is 11.6. The van der Waals surface area contributed by atoms with Crippen LogP contribution in [0.3, 0.4) is 0 Å². The third-order valence-electron chi connectivity index (χ3n) is 2.13. The predicted octanol–water partition coefficient (Wildman–Crippen LogP) is 2.17. The van der Waals surface area contributed by atoms with Crippen molar-refractivity contribution in [2.45, 2.75) is 12.2 Å². The molecular formula is C11H17ClN2OS. The molecule has 1 unspecified atom stereocenters. The van der Waals surface area contributed by atoms with Gasteiger partial charge >= 0.3 is 0 Å². The first kappa shape index (κ1) is 15.1. The average molecular weight is 261 g/mol. The molecule has 0 aliphatic rings. The number of amides is 1. The van der Waals surface area contributed by atoms with Crippen LogP contribution in [0.2, 0.25) is 0 Å². The number of carbonyl (C=O) groups excluding carboxylic acids is 1. The van der Waals surface area contributed by atoms with Gasteiger partial charge in [-0.2, -0.15) is 11.8 Å². The van der Waals surface area contributed by atoms with Crippen LogP contribution in [0.4, 0.5) is 5.69 Å². The molecular weight excluding hydrogens is 244 g/mol. The number of anilines is 1. The lowest BCUT2D eigenvalue weighted by molar-refractivity contribution is 0.0954. The number of hydrogen-bond acceptors (Lipinski definition) is 3. The molecule has 0 aromatic heterocycles. The monoisotopic (exact) mass is 260 g/mol. The van der Waals surface area contributed by atoms with Crippen LogP contribution in [0.15, 0.2) is 24.3 Å². The van der Waals surface area contributed by atoms with E-state index in [1.54, 1.807) is 36.0 Å². The minimum Gasteiger partial charge on any atom is -0.399 e. The molecule has 0 radical (unpaired) electrons. The van der Waals surface area contributed by atoms with Crippen molar-refractivity contribution in [1.82, 2.24) is 5.32 Å². The molecule has 16 heavy (non-hydrogen) atoms. The Balaban J connectivity index is 0.00000225. The Morgan fingerprint density at radius 1 is 1.44 bits per heavy atom. The van der Waals surface area contributed by atoms with E-state index in [9.17, 15) is 4.79 Å². The van der Waals surface area contributed by atoms with E-state index in [1.165, 1.54) is 0 Å². The standard InChI is InChI=1S/C11H16N2OS.ClH/c1-8(15-2)7-13-11(14)9-3-5-10(12)6-4-9;/h3-6,8H,7,12H2,1-2H3,(H,13,14);1H. The summed E-state index contributed by atoms with van der Waals surface area (Å²) in [5.74, 6) is -0.0455. The molecule has 1 aromatic carbocycles. The number of benzene rings is 1. The first-order chi connectivity index (χ1) is 7.13. The Morgan fingerprint density at radius 2 is 2.00 bits per heavy atom. The van der Waals surface area contributed by atoms with Gasteiger partial charge in [-0.15, -0.1) is 12.4 Å². The molecule has 0 aliphatic heterocycles. The van der Waals surface area contributed by atoms with Crippen molar-refractivity contribution in [1.29, 1.82) is 0 Å². The van der Waals surface area contributed by atoms with E-state index < -0.39 is 0 Å². The van der Waals surface area contributed by atoms with E-state index in [4.69, 9.17) is 5.73 Å². The lowest BCUT2D eigenvalue weighted by atomic mass is 10.2. The highest BCUT2D eigenvalue weighted by molar-refractivity contribution is 7.99. The Labute approximate surface area is 107 Å². The van der Waals surface area contributed by atoms with Crippen molar-refractivity contribution in [3.8, 4) is 0 Å². The van der Waals surface area contributed by atoms with Crippen LogP contribution in [-0.2, 0) is 0 Å². The van der Waals surface area contributed by atoms with Crippen molar-refractivity contribution in [3.05, 3.63) is 29.8 Å². The zero-order valence-electron chi connectivity index (χ0n) is 9.40. The fourth-order valence-electron chi connectivity index (χ4n) is 1.06. The molecule has 0 aliphatic carbocycles. The van der Waals surface area contributed by atoms with Crippen molar-refractivity contribution in [2.24, 2.45) is 0 Å². The normalized spacial score (nSPS) is 11.4. The third kappa shape index (κ3) is 4.77. The summed E-state index contributed by atoms with van der Waals surface area (Å²) >= 11 is 1.73. The molecule has 1 rings (SSSR count). The average Bonchev–Trinajstić information content (AvgIpc) is 2.26. The number of nitrogen functional groups attached to an aromatic ring is 1. The van der Waals surface area contributed by atoms with Crippen LogP contribution in [0, 0.1) is 0 Å². The molecule has 1 amide bonds. The van der Waals surface area contributed by atoms with E-state index in [0.29, 0.717) is 23.0 Å². The van der Waals surface area contributed by atoms with Crippen LogP contribution in [0.5, 0.6) is 0 Å². The number of rotatable bonds is 4. The van der Waals surface area contributed by atoms with Crippen LogP contribution in [0.1, 0.15) is 17.3 Å².